The first-order valence-electron chi connectivity index (χ1n) is 8.66. The highest BCUT2D eigenvalue weighted by Gasteiger charge is 2.24. The first-order chi connectivity index (χ1) is 12.8. The summed E-state index contributed by atoms with van der Waals surface area (Å²) in [5.74, 6) is 0.0721. The van der Waals surface area contributed by atoms with E-state index in [-0.39, 0.29) is 5.91 Å². The maximum absolute atomic E-state index is 13.1. The van der Waals surface area contributed by atoms with E-state index in [4.69, 9.17) is 0 Å². The van der Waals surface area contributed by atoms with Crippen LogP contribution in [0.3, 0.4) is 0 Å². The molecule has 0 bridgehead atoms. The lowest BCUT2D eigenvalue weighted by atomic mass is 10.1. The minimum absolute atomic E-state index is 0.0721. The largest absolute Gasteiger partial charge is 0.355 e. The smallest absolute Gasteiger partial charge is 0.256 e. The lowest BCUT2D eigenvalue weighted by molar-refractivity contribution is 0.0748. The first-order valence-corrected chi connectivity index (χ1v) is 9.54. The molecule has 26 heavy (non-hydrogen) atoms. The summed E-state index contributed by atoms with van der Waals surface area (Å²) in [6, 6.07) is 17.6. The number of nitrogens with one attached hydrogen (secondary N) is 1. The number of hydrogen-bond acceptors (Lipinski definition) is 5. The van der Waals surface area contributed by atoms with E-state index in [0.29, 0.717) is 18.7 Å². The molecule has 2 heterocycles. The van der Waals surface area contributed by atoms with Gasteiger partial charge in [0.25, 0.3) is 5.91 Å². The molecule has 0 aliphatic carbocycles. The monoisotopic (exact) mass is 364 g/mol. The molecule has 1 aliphatic rings. The van der Waals surface area contributed by atoms with Gasteiger partial charge < -0.3 is 15.1 Å². The Hall–Kier alpha value is -2.86. The molecule has 4 rings (SSSR count). The van der Waals surface area contributed by atoms with E-state index in [0.717, 1.165) is 29.6 Å². The molecule has 1 amide bonds. The molecule has 132 valence electrons. The SMILES string of the molecule is O=C(c1ccccc1Nc1ccccc1)N1CCN(c2nccs2)CC1. The summed E-state index contributed by atoms with van der Waals surface area (Å²) >= 11 is 1.64. The molecule has 0 radical (unpaired) electrons. The highest BCUT2D eigenvalue weighted by Crippen LogP contribution is 2.24. The van der Waals surface area contributed by atoms with Gasteiger partial charge in [0.15, 0.2) is 5.13 Å². The molecule has 1 saturated heterocycles. The number of piperazine rings is 1. The van der Waals surface area contributed by atoms with Crippen molar-refractivity contribution in [2.75, 3.05) is 36.4 Å². The van der Waals surface area contributed by atoms with E-state index in [1.54, 1.807) is 11.3 Å². The highest BCUT2D eigenvalue weighted by atomic mass is 32.1. The van der Waals surface area contributed by atoms with Gasteiger partial charge in [-0.25, -0.2) is 4.98 Å². The summed E-state index contributed by atoms with van der Waals surface area (Å²) in [6.45, 7) is 3.04. The van der Waals surface area contributed by atoms with Gasteiger partial charge in [-0.15, -0.1) is 11.3 Å². The fourth-order valence-electron chi connectivity index (χ4n) is 3.10. The van der Waals surface area contributed by atoms with Gasteiger partial charge >= 0.3 is 0 Å². The molecule has 1 N–H and O–H groups in total. The quantitative estimate of drug-likeness (QED) is 0.764. The summed E-state index contributed by atoms with van der Waals surface area (Å²) < 4.78 is 0. The zero-order valence-corrected chi connectivity index (χ0v) is 15.2. The molecule has 0 unspecified atom stereocenters. The number of anilines is 3. The summed E-state index contributed by atoms with van der Waals surface area (Å²) in [7, 11) is 0. The molecule has 3 aromatic rings. The second-order valence-corrected chi connectivity index (χ2v) is 7.00. The maximum Gasteiger partial charge on any atom is 0.256 e. The van der Waals surface area contributed by atoms with Crippen LogP contribution >= 0.6 is 11.3 Å². The summed E-state index contributed by atoms with van der Waals surface area (Å²) in [4.78, 5) is 21.6. The van der Waals surface area contributed by atoms with Gasteiger partial charge in [0.2, 0.25) is 0 Å². The Labute approximate surface area is 156 Å². The van der Waals surface area contributed by atoms with Gasteiger partial charge in [0.1, 0.15) is 0 Å². The van der Waals surface area contributed by atoms with Crippen molar-refractivity contribution in [3.05, 3.63) is 71.7 Å². The Kier molecular flexibility index (Phi) is 4.84. The Balaban J connectivity index is 1.47. The fraction of sp³-hybridized carbons (Fsp3) is 0.200. The van der Waals surface area contributed by atoms with Gasteiger partial charge in [-0.1, -0.05) is 30.3 Å². The highest BCUT2D eigenvalue weighted by molar-refractivity contribution is 7.13. The van der Waals surface area contributed by atoms with Gasteiger partial charge in [-0.05, 0) is 24.3 Å². The molecular formula is C20H20N4OS. The summed E-state index contributed by atoms with van der Waals surface area (Å²) in [5, 5.41) is 6.37. The average molecular weight is 364 g/mol. The first kappa shape index (κ1) is 16.6. The molecule has 5 nitrogen and oxygen atoms in total. The van der Waals surface area contributed by atoms with Crippen molar-refractivity contribution in [2.45, 2.75) is 0 Å². The third-order valence-electron chi connectivity index (χ3n) is 4.47. The molecule has 2 aromatic carbocycles. The van der Waals surface area contributed by atoms with Gasteiger partial charge in [-0.3, -0.25) is 4.79 Å². The van der Waals surface area contributed by atoms with Crippen LogP contribution in [-0.2, 0) is 0 Å². The Morgan fingerprint density at radius 2 is 1.69 bits per heavy atom. The summed E-state index contributed by atoms with van der Waals surface area (Å²) in [6.07, 6.45) is 1.82. The van der Waals surface area contributed by atoms with Crippen LogP contribution in [0.1, 0.15) is 10.4 Å². The van der Waals surface area contributed by atoms with Gasteiger partial charge in [0.05, 0.1) is 11.3 Å². The standard InChI is InChI=1S/C20H20N4OS/c25-19(23-11-13-24(14-12-23)20-21-10-15-26-20)17-8-4-5-9-18(17)22-16-6-2-1-3-7-16/h1-10,15,22H,11-14H2. The number of hydrogen-bond donors (Lipinski definition) is 1. The number of rotatable bonds is 4. The number of carbonyl (C=O) groups is 1. The van der Waals surface area contributed by atoms with E-state index in [1.807, 2.05) is 71.1 Å². The van der Waals surface area contributed by atoms with Crippen LogP contribution in [0.5, 0.6) is 0 Å². The Morgan fingerprint density at radius 3 is 2.42 bits per heavy atom. The lowest BCUT2D eigenvalue weighted by Crippen LogP contribution is -2.48. The van der Waals surface area contributed by atoms with Crippen LogP contribution in [0.15, 0.2) is 66.2 Å². The minimum atomic E-state index is 0.0721. The third-order valence-corrected chi connectivity index (χ3v) is 5.30. The number of para-hydroxylation sites is 2. The van der Waals surface area contributed by atoms with Crippen molar-refractivity contribution >= 4 is 33.8 Å². The number of carbonyl (C=O) groups excluding carboxylic acids is 1. The number of nitrogens with zero attached hydrogens (tertiary/aromatic N) is 3. The second kappa shape index (κ2) is 7.58. The van der Waals surface area contributed by atoms with Gasteiger partial charge in [0, 0.05) is 43.4 Å². The van der Waals surface area contributed by atoms with E-state index >= 15 is 0 Å². The van der Waals surface area contributed by atoms with Crippen LogP contribution in [0, 0.1) is 0 Å². The van der Waals surface area contributed by atoms with E-state index in [1.165, 1.54) is 0 Å². The van der Waals surface area contributed by atoms with E-state index in [9.17, 15) is 4.79 Å². The predicted octanol–water partition coefficient (Wildman–Crippen LogP) is 3.85. The lowest BCUT2D eigenvalue weighted by Gasteiger charge is -2.34. The zero-order valence-electron chi connectivity index (χ0n) is 14.3. The molecule has 1 aromatic heterocycles. The molecule has 0 saturated carbocycles. The predicted molar refractivity (Wildman–Crippen MR) is 106 cm³/mol. The molecular weight excluding hydrogens is 344 g/mol. The number of aromatic nitrogens is 1. The Bertz CT molecular complexity index is 859. The van der Waals surface area contributed by atoms with Gasteiger partial charge in [-0.2, -0.15) is 0 Å². The van der Waals surface area contributed by atoms with Crippen LogP contribution in [0.25, 0.3) is 0 Å². The van der Waals surface area contributed by atoms with Crippen LogP contribution in [0.2, 0.25) is 0 Å². The number of thiazole rings is 1. The maximum atomic E-state index is 13.1. The summed E-state index contributed by atoms with van der Waals surface area (Å²) in [5.41, 5.74) is 2.52. The van der Waals surface area contributed by atoms with Crippen LogP contribution in [0.4, 0.5) is 16.5 Å². The van der Waals surface area contributed by atoms with Crippen molar-refractivity contribution < 1.29 is 4.79 Å². The van der Waals surface area contributed by atoms with Crippen LogP contribution in [-0.4, -0.2) is 42.0 Å². The molecule has 0 spiro atoms. The van der Waals surface area contributed by atoms with Crippen molar-refractivity contribution in [1.29, 1.82) is 0 Å². The van der Waals surface area contributed by atoms with Crippen molar-refractivity contribution in [1.82, 2.24) is 9.88 Å². The normalized spacial score (nSPS) is 14.3. The van der Waals surface area contributed by atoms with E-state index in [2.05, 4.69) is 15.2 Å². The number of amides is 1. The zero-order chi connectivity index (χ0) is 17.8. The minimum Gasteiger partial charge on any atom is -0.355 e. The topological polar surface area (TPSA) is 48.5 Å². The Morgan fingerprint density at radius 1 is 0.962 bits per heavy atom. The molecule has 1 fully saturated rings. The number of benzene rings is 2. The molecule has 0 atom stereocenters. The fourth-order valence-corrected chi connectivity index (χ4v) is 3.80. The molecule has 6 heteroatoms. The van der Waals surface area contributed by atoms with E-state index < -0.39 is 0 Å². The van der Waals surface area contributed by atoms with Crippen LogP contribution < -0.4 is 10.2 Å². The third kappa shape index (κ3) is 3.55. The van der Waals surface area contributed by atoms with Crippen molar-refractivity contribution in [3.63, 3.8) is 0 Å². The average Bonchev–Trinajstić information content (AvgIpc) is 3.24. The van der Waals surface area contributed by atoms with Crippen molar-refractivity contribution in [2.24, 2.45) is 0 Å². The van der Waals surface area contributed by atoms with Crippen molar-refractivity contribution in [3.8, 4) is 0 Å². The molecule has 1 aliphatic heterocycles. The second-order valence-electron chi connectivity index (χ2n) is 6.13.